The molecular weight excluding hydrogens is 412 g/mol. The van der Waals surface area contributed by atoms with Gasteiger partial charge in [0.25, 0.3) is 5.91 Å². The normalized spacial score (nSPS) is 14.4. The van der Waals surface area contributed by atoms with E-state index in [1.165, 1.54) is 11.3 Å². The summed E-state index contributed by atoms with van der Waals surface area (Å²) in [6.45, 7) is 1.88. The first kappa shape index (κ1) is 21.5. The summed E-state index contributed by atoms with van der Waals surface area (Å²) >= 11 is 13.5. The van der Waals surface area contributed by atoms with Crippen LogP contribution in [-0.2, 0) is 0 Å². The number of thiazole rings is 1. The van der Waals surface area contributed by atoms with E-state index >= 15 is 0 Å². The minimum atomic E-state index is -0.125. The van der Waals surface area contributed by atoms with Gasteiger partial charge in [-0.05, 0) is 44.1 Å². The van der Waals surface area contributed by atoms with Gasteiger partial charge in [0, 0.05) is 22.0 Å². The van der Waals surface area contributed by atoms with Crippen LogP contribution in [0.3, 0.4) is 0 Å². The highest BCUT2D eigenvalue weighted by atomic mass is 35.5. The Morgan fingerprint density at radius 3 is 2.62 bits per heavy atom. The van der Waals surface area contributed by atoms with Crippen LogP contribution in [0.2, 0.25) is 10.0 Å². The van der Waals surface area contributed by atoms with Crippen LogP contribution in [-0.4, -0.2) is 30.0 Å². The summed E-state index contributed by atoms with van der Waals surface area (Å²) in [5, 5.41) is 9.90. The molecule has 1 aromatic carbocycles. The van der Waals surface area contributed by atoms with Crippen molar-refractivity contribution in [2.45, 2.75) is 18.9 Å². The van der Waals surface area contributed by atoms with Crippen molar-refractivity contribution in [3.05, 3.63) is 39.3 Å². The summed E-state index contributed by atoms with van der Waals surface area (Å²) in [6, 6.07) is 5.48. The highest BCUT2D eigenvalue weighted by Gasteiger charge is 2.19. The fourth-order valence-corrected chi connectivity index (χ4v) is 3.78. The van der Waals surface area contributed by atoms with Crippen LogP contribution in [0.5, 0.6) is 0 Å². The van der Waals surface area contributed by atoms with Gasteiger partial charge < -0.3 is 10.6 Å². The molecule has 1 aliphatic rings. The lowest BCUT2D eigenvalue weighted by Crippen LogP contribution is -2.42. The second-order valence-corrected chi connectivity index (χ2v) is 6.86. The fourth-order valence-electron chi connectivity index (χ4n) is 2.39. The number of nitrogens with zero attached hydrogens (tertiary/aromatic N) is 1. The van der Waals surface area contributed by atoms with E-state index in [1.807, 2.05) is 6.07 Å². The number of benzene rings is 1. The molecular formula is C15H17Cl4N3OS. The first-order valence-electron chi connectivity index (χ1n) is 7.06. The molecule has 1 amide bonds. The van der Waals surface area contributed by atoms with Crippen LogP contribution < -0.4 is 10.6 Å². The molecule has 2 aromatic rings. The lowest BCUT2D eigenvalue weighted by Gasteiger charge is -2.23. The predicted octanol–water partition coefficient (Wildman–Crippen LogP) is 4.44. The Balaban J connectivity index is 0.00000144. The van der Waals surface area contributed by atoms with Crippen molar-refractivity contribution in [2.75, 3.05) is 13.1 Å². The van der Waals surface area contributed by atoms with E-state index < -0.39 is 0 Å². The minimum absolute atomic E-state index is 0. The molecule has 9 heteroatoms. The van der Waals surface area contributed by atoms with Crippen LogP contribution in [0.15, 0.2) is 23.6 Å². The molecule has 2 heterocycles. The van der Waals surface area contributed by atoms with E-state index in [-0.39, 0.29) is 36.8 Å². The smallest absolute Gasteiger partial charge is 0.270 e. The minimum Gasteiger partial charge on any atom is -0.348 e. The van der Waals surface area contributed by atoms with E-state index in [0.717, 1.165) is 36.5 Å². The van der Waals surface area contributed by atoms with Gasteiger partial charge in [-0.2, -0.15) is 0 Å². The van der Waals surface area contributed by atoms with E-state index in [9.17, 15) is 4.79 Å². The van der Waals surface area contributed by atoms with E-state index in [4.69, 9.17) is 23.2 Å². The van der Waals surface area contributed by atoms with Gasteiger partial charge >= 0.3 is 0 Å². The molecule has 132 valence electrons. The number of halogens is 4. The maximum Gasteiger partial charge on any atom is 0.270 e. The number of rotatable bonds is 3. The summed E-state index contributed by atoms with van der Waals surface area (Å²) in [6.07, 6.45) is 1.90. The number of carbonyl (C=O) groups excluding carboxylic acids is 1. The van der Waals surface area contributed by atoms with Crippen molar-refractivity contribution >= 4 is 65.3 Å². The summed E-state index contributed by atoms with van der Waals surface area (Å²) in [4.78, 5) is 16.7. The number of hydrogen-bond donors (Lipinski definition) is 2. The Morgan fingerprint density at radius 2 is 1.96 bits per heavy atom. The topological polar surface area (TPSA) is 54.0 Å². The number of aromatic nitrogens is 1. The number of nitrogens with one attached hydrogen (secondary N) is 2. The van der Waals surface area contributed by atoms with Gasteiger partial charge in [0.2, 0.25) is 0 Å². The number of piperidine rings is 1. The molecule has 0 aliphatic carbocycles. The maximum absolute atomic E-state index is 12.3. The number of amides is 1. The zero-order chi connectivity index (χ0) is 15.5. The molecule has 0 radical (unpaired) electrons. The zero-order valence-electron chi connectivity index (χ0n) is 12.6. The van der Waals surface area contributed by atoms with Crippen molar-refractivity contribution in [1.82, 2.24) is 15.6 Å². The van der Waals surface area contributed by atoms with Gasteiger partial charge in [0.05, 0.1) is 5.02 Å². The van der Waals surface area contributed by atoms with Crippen molar-refractivity contribution in [3.63, 3.8) is 0 Å². The zero-order valence-corrected chi connectivity index (χ0v) is 16.5. The van der Waals surface area contributed by atoms with Crippen molar-refractivity contribution in [1.29, 1.82) is 0 Å². The van der Waals surface area contributed by atoms with Crippen LogP contribution in [0, 0.1) is 0 Å². The Labute approximate surface area is 167 Å². The summed E-state index contributed by atoms with van der Waals surface area (Å²) < 4.78 is 0. The second kappa shape index (κ2) is 9.80. The van der Waals surface area contributed by atoms with Crippen LogP contribution in [0.1, 0.15) is 23.3 Å². The quantitative estimate of drug-likeness (QED) is 0.759. The van der Waals surface area contributed by atoms with Crippen LogP contribution in [0.4, 0.5) is 0 Å². The molecule has 4 nitrogen and oxygen atoms in total. The van der Waals surface area contributed by atoms with Crippen molar-refractivity contribution in [3.8, 4) is 10.6 Å². The standard InChI is InChI=1S/C15H15Cl2N3OS.2ClH/c16-9-1-2-11(12(17)7-9)15-20-13(8-22-15)14(21)19-10-3-5-18-6-4-10;;/h1-2,7-8,10,18H,3-6H2,(H,19,21);2*1H. The average molecular weight is 429 g/mol. The third-order valence-electron chi connectivity index (χ3n) is 3.57. The first-order chi connectivity index (χ1) is 10.6. The molecule has 2 N–H and O–H groups in total. The van der Waals surface area contributed by atoms with Crippen LogP contribution in [0.25, 0.3) is 10.6 Å². The molecule has 0 bridgehead atoms. The molecule has 1 aliphatic heterocycles. The molecule has 24 heavy (non-hydrogen) atoms. The molecule has 0 unspecified atom stereocenters. The first-order valence-corrected chi connectivity index (χ1v) is 8.69. The molecule has 1 aromatic heterocycles. The molecule has 1 fully saturated rings. The van der Waals surface area contributed by atoms with Gasteiger partial charge in [-0.15, -0.1) is 36.2 Å². The summed E-state index contributed by atoms with van der Waals surface area (Å²) in [7, 11) is 0. The Hall–Kier alpha value is -0.560. The number of carbonyl (C=O) groups is 1. The van der Waals surface area contributed by atoms with Crippen molar-refractivity contribution in [2.24, 2.45) is 0 Å². The number of hydrogen-bond acceptors (Lipinski definition) is 4. The third-order valence-corrected chi connectivity index (χ3v) is 5.00. The lowest BCUT2D eigenvalue weighted by molar-refractivity contribution is 0.0925. The molecule has 0 saturated carbocycles. The van der Waals surface area contributed by atoms with E-state index in [2.05, 4.69) is 15.6 Å². The Kier molecular flexibility index (Phi) is 8.77. The highest BCUT2D eigenvalue weighted by Crippen LogP contribution is 2.32. The molecule has 1 saturated heterocycles. The summed E-state index contributed by atoms with van der Waals surface area (Å²) in [5.74, 6) is -0.125. The van der Waals surface area contributed by atoms with E-state index in [0.29, 0.717) is 15.7 Å². The van der Waals surface area contributed by atoms with E-state index in [1.54, 1.807) is 17.5 Å². The maximum atomic E-state index is 12.3. The highest BCUT2D eigenvalue weighted by molar-refractivity contribution is 7.13. The Morgan fingerprint density at radius 1 is 1.25 bits per heavy atom. The second-order valence-electron chi connectivity index (χ2n) is 5.16. The van der Waals surface area contributed by atoms with Gasteiger partial charge in [-0.1, -0.05) is 23.2 Å². The monoisotopic (exact) mass is 427 g/mol. The molecule has 0 atom stereocenters. The van der Waals surface area contributed by atoms with Gasteiger partial charge in [0.1, 0.15) is 10.7 Å². The van der Waals surface area contributed by atoms with Crippen molar-refractivity contribution < 1.29 is 4.79 Å². The largest absolute Gasteiger partial charge is 0.348 e. The predicted molar refractivity (Wildman–Crippen MR) is 105 cm³/mol. The fraction of sp³-hybridized carbons (Fsp3) is 0.333. The lowest BCUT2D eigenvalue weighted by atomic mass is 10.1. The SMILES string of the molecule is Cl.Cl.O=C(NC1CCNCC1)c1csc(-c2ccc(Cl)cc2Cl)n1. The Bertz CT molecular complexity index is 689. The molecule has 0 spiro atoms. The van der Waals surface area contributed by atoms with Gasteiger partial charge in [0.15, 0.2) is 0 Å². The van der Waals surface area contributed by atoms with Crippen LogP contribution >= 0.6 is 59.4 Å². The van der Waals surface area contributed by atoms with Gasteiger partial charge in [-0.3, -0.25) is 4.79 Å². The average Bonchev–Trinajstić information content (AvgIpc) is 2.98. The molecule has 3 rings (SSSR count). The van der Waals surface area contributed by atoms with Gasteiger partial charge in [-0.25, -0.2) is 4.98 Å². The summed E-state index contributed by atoms with van der Waals surface area (Å²) in [5.41, 5.74) is 1.22. The third kappa shape index (κ3) is 5.22.